The first-order valence-electron chi connectivity index (χ1n) is 10.1. The molecule has 0 aliphatic heterocycles. The second-order valence-electron chi connectivity index (χ2n) is 7.55. The van der Waals surface area contributed by atoms with Crippen LogP contribution in [0.15, 0.2) is 114 Å². The summed E-state index contributed by atoms with van der Waals surface area (Å²) < 4.78 is 6.21. The quantitative estimate of drug-likeness (QED) is 0.332. The molecule has 0 bridgehead atoms. The largest absolute Gasteiger partial charge is 0.456 e. The molecular formula is C28H19NO. The molecule has 0 saturated heterocycles. The normalized spacial score (nSPS) is 11.3. The van der Waals surface area contributed by atoms with Crippen LogP contribution in [0, 0.1) is 0 Å². The van der Waals surface area contributed by atoms with Crippen molar-refractivity contribution < 1.29 is 4.42 Å². The lowest BCUT2D eigenvalue weighted by Crippen LogP contribution is -1.93. The topological polar surface area (TPSA) is 25.2 Å². The summed E-state index contributed by atoms with van der Waals surface area (Å²) in [6, 6.07) is 37.9. The van der Waals surface area contributed by atoms with E-state index in [0.29, 0.717) is 0 Å². The fourth-order valence-corrected chi connectivity index (χ4v) is 4.16. The van der Waals surface area contributed by atoms with Gasteiger partial charge in [-0.05, 0) is 46.7 Å². The van der Waals surface area contributed by atoms with Gasteiger partial charge >= 0.3 is 0 Å². The fraction of sp³-hybridized carbons (Fsp3) is 0. The van der Waals surface area contributed by atoms with E-state index < -0.39 is 0 Å². The van der Waals surface area contributed by atoms with Crippen molar-refractivity contribution in [1.82, 2.24) is 0 Å². The minimum absolute atomic E-state index is 0.891. The van der Waals surface area contributed by atoms with Gasteiger partial charge in [0.05, 0.1) is 0 Å². The Balaban J connectivity index is 1.44. The summed E-state index contributed by atoms with van der Waals surface area (Å²) in [7, 11) is 0. The molecule has 0 spiro atoms. The third-order valence-electron chi connectivity index (χ3n) is 5.63. The summed E-state index contributed by atoms with van der Waals surface area (Å²) >= 11 is 0. The van der Waals surface area contributed by atoms with Gasteiger partial charge in [-0.15, -0.1) is 0 Å². The zero-order valence-electron chi connectivity index (χ0n) is 16.3. The van der Waals surface area contributed by atoms with E-state index in [-0.39, 0.29) is 0 Å². The van der Waals surface area contributed by atoms with Crippen molar-refractivity contribution in [3.05, 3.63) is 109 Å². The fourth-order valence-electron chi connectivity index (χ4n) is 4.16. The summed E-state index contributed by atoms with van der Waals surface area (Å²) in [6.45, 7) is 0. The predicted molar refractivity (Wildman–Crippen MR) is 126 cm³/mol. The number of rotatable bonds is 3. The van der Waals surface area contributed by atoms with Crippen LogP contribution in [-0.2, 0) is 0 Å². The molecule has 0 radical (unpaired) electrons. The van der Waals surface area contributed by atoms with Gasteiger partial charge in [-0.1, -0.05) is 72.8 Å². The van der Waals surface area contributed by atoms with Crippen LogP contribution in [0.2, 0.25) is 0 Å². The first-order valence-corrected chi connectivity index (χ1v) is 10.1. The second kappa shape index (κ2) is 6.78. The van der Waals surface area contributed by atoms with Crippen LogP contribution in [0.1, 0.15) is 0 Å². The smallest absolute Gasteiger partial charge is 0.137 e. The summed E-state index contributed by atoms with van der Waals surface area (Å²) in [5, 5.41) is 8.29. The van der Waals surface area contributed by atoms with E-state index in [1.165, 1.54) is 21.9 Å². The Morgan fingerprint density at radius 1 is 0.533 bits per heavy atom. The number of benzene rings is 5. The van der Waals surface area contributed by atoms with Crippen LogP contribution in [0.5, 0.6) is 0 Å². The van der Waals surface area contributed by atoms with Crippen LogP contribution < -0.4 is 5.32 Å². The number of nitrogens with one attached hydrogen (secondary N) is 1. The van der Waals surface area contributed by atoms with Gasteiger partial charge in [-0.2, -0.15) is 0 Å². The van der Waals surface area contributed by atoms with E-state index in [4.69, 9.17) is 4.42 Å². The molecule has 30 heavy (non-hydrogen) atoms. The van der Waals surface area contributed by atoms with E-state index in [2.05, 4.69) is 108 Å². The van der Waals surface area contributed by atoms with Crippen molar-refractivity contribution in [3.8, 4) is 11.1 Å². The molecule has 5 aromatic carbocycles. The van der Waals surface area contributed by atoms with Crippen LogP contribution in [0.3, 0.4) is 0 Å². The van der Waals surface area contributed by atoms with Crippen molar-refractivity contribution in [1.29, 1.82) is 0 Å². The number of hydrogen-bond donors (Lipinski definition) is 1. The standard InChI is InChI=1S/C28H19NO/c1-2-8-19(9-3-1)23-12-6-7-13-26(23)29-22-14-15-24-25-16-20-10-4-5-11-21(20)17-27(25)30-28(24)18-22/h1-18,29H. The highest BCUT2D eigenvalue weighted by atomic mass is 16.3. The Bertz CT molecular complexity index is 1510. The van der Waals surface area contributed by atoms with Gasteiger partial charge in [0.1, 0.15) is 11.2 Å². The SMILES string of the molecule is c1ccc(-c2ccccc2Nc2ccc3c(c2)oc2cc4ccccc4cc23)cc1. The highest BCUT2D eigenvalue weighted by Gasteiger charge is 2.10. The molecule has 0 aliphatic rings. The van der Waals surface area contributed by atoms with E-state index >= 15 is 0 Å². The maximum atomic E-state index is 6.21. The molecule has 0 aliphatic carbocycles. The maximum Gasteiger partial charge on any atom is 0.137 e. The molecule has 0 saturated carbocycles. The summed E-state index contributed by atoms with van der Waals surface area (Å²) in [5.74, 6) is 0. The van der Waals surface area contributed by atoms with Crippen molar-refractivity contribution >= 4 is 44.1 Å². The predicted octanol–water partition coefficient (Wildman–Crippen LogP) is 8.15. The molecule has 0 atom stereocenters. The highest BCUT2D eigenvalue weighted by Crippen LogP contribution is 2.35. The van der Waals surface area contributed by atoms with Gasteiger partial charge in [0.15, 0.2) is 0 Å². The summed E-state index contributed by atoms with van der Waals surface area (Å²) in [5.41, 5.74) is 6.26. The van der Waals surface area contributed by atoms with Crippen LogP contribution in [0.25, 0.3) is 43.8 Å². The average molecular weight is 385 g/mol. The van der Waals surface area contributed by atoms with Gasteiger partial charge in [0.2, 0.25) is 0 Å². The Kier molecular flexibility index (Phi) is 3.82. The molecular weight excluding hydrogens is 366 g/mol. The zero-order valence-corrected chi connectivity index (χ0v) is 16.3. The molecule has 1 heterocycles. The van der Waals surface area contributed by atoms with Crippen molar-refractivity contribution in [2.45, 2.75) is 0 Å². The van der Waals surface area contributed by atoms with Crippen molar-refractivity contribution in [2.24, 2.45) is 0 Å². The highest BCUT2D eigenvalue weighted by molar-refractivity contribution is 6.10. The number of hydrogen-bond acceptors (Lipinski definition) is 2. The van der Waals surface area contributed by atoms with Crippen molar-refractivity contribution in [3.63, 3.8) is 0 Å². The van der Waals surface area contributed by atoms with E-state index in [1.54, 1.807) is 0 Å². The summed E-state index contributed by atoms with van der Waals surface area (Å²) in [4.78, 5) is 0. The Hall–Kier alpha value is -4.04. The van der Waals surface area contributed by atoms with Crippen molar-refractivity contribution in [2.75, 3.05) is 5.32 Å². The lowest BCUT2D eigenvalue weighted by Gasteiger charge is -2.12. The minimum Gasteiger partial charge on any atom is -0.456 e. The molecule has 0 amide bonds. The zero-order chi connectivity index (χ0) is 19.9. The van der Waals surface area contributed by atoms with Crippen LogP contribution in [0.4, 0.5) is 11.4 Å². The van der Waals surface area contributed by atoms with Gasteiger partial charge < -0.3 is 9.73 Å². The Morgan fingerprint density at radius 2 is 1.23 bits per heavy atom. The Labute approximate surface area is 174 Å². The molecule has 6 aromatic rings. The number of furan rings is 1. The van der Waals surface area contributed by atoms with Gasteiger partial charge in [0, 0.05) is 33.8 Å². The monoisotopic (exact) mass is 385 g/mol. The minimum atomic E-state index is 0.891. The molecule has 2 heteroatoms. The lowest BCUT2D eigenvalue weighted by molar-refractivity contribution is 0.669. The van der Waals surface area contributed by atoms with Crippen LogP contribution in [-0.4, -0.2) is 0 Å². The molecule has 2 nitrogen and oxygen atoms in total. The number of fused-ring (bicyclic) bond motifs is 4. The molecule has 142 valence electrons. The van der Waals surface area contributed by atoms with Gasteiger partial charge in [0.25, 0.3) is 0 Å². The molecule has 1 aromatic heterocycles. The third-order valence-corrected chi connectivity index (χ3v) is 5.63. The van der Waals surface area contributed by atoms with E-state index in [9.17, 15) is 0 Å². The first-order chi connectivity index (χ1) is 14.8. The Morgan fingerprint density at radius 3 is 2.10 bits per heavy atom. The first kappa shape index (κ1) is 16.9. The third kappa shape index (κ3) is 2.82. The van der Waals surface area contributed by atoms with E-state index in [1.807, 2.05) is 6.07 Å². The molecule has 6 rings (SSSR count). The maximum absolute atomic E-state index is 6.21. The lowest BCUT2D eigenvalue weighted by atomic mass is 10.0. The molecule has 0 unspecified atom stereocenters. The van der Waals surface area contributed by atoms with Crippen LogP contribution >= 0.6 is 0 Å². The number of anilines is 2. The average Bonchev–Trinajstić information content (AvgIpc) is 3.15. The van der Waals surface area contributed by atoms with Gasteiger partial charge in [-0.3, -0.25) is 0 Å². The van der Waals surface area contributed by atoms with Gasteiger partial charge in [-0.25, -0.2) is 0 Å². The summed E-state index contributed by atoms with van der Waals surface area (Å²) in [6.07, 6.45) is 0. The number of para-hydroxylation sites is 1. The second-order valence-corrected chi connectivity index (χ2v) is 7.55. The molecule has 0 fully saturated rings. The van der Waals surface area contributed by atoms with E-state index in [0.717, 1.165) is 33.3 Å². The molecule has 1 N–H and O–H groups in total.